The van der Waals surface area contributed by atoms with Crippen LogP contribution in [0.25, 0.3) is 0 Å². The van der Waals surface area contributed by atoms with Gasteiger partial charge in [0.15, 0.2) is 12.1 Å². The number of carbonyl (C=O) groups is 2. The Hall–Kier alpha value is -1.00. The molecule has 4 aliphatic rings. The second kappa shape index (κ2) is 10.5. The molecule has 0 aromatic heterocycles. The summed E-state index contributed by atoms with van der Waals surface area (Å²) in [6, 6.07) is 0. The molecule has 0 saturated heterocycles. The molecule has 0 N–H and O–H groups in total. The van der Waals surface area contributed by atoms with Gasteiger partial charge in [0.2, 0.25) is 0 Å². The molecular weight excluding hydrogens is 400 g/mol. The van der Waals surface area contributed by atoms with Crippen LogP contribution >= 0.6 is 0 Å². The van der Waals surface area contributed by atoms with Crippen molar-refractivity contribution < 1.29 is 19.1 Å². The first-order chi connectivity index (χ1) is 15.2. The summed E-state index contributed by atoms with van der Waals surface area (Å²) in [6.45, 7) is 14.3. The van der Waals surface area contributed by atoms with Gasteiger partial charge >= 0.3 is 0 Å². The first-order valence-electron chi connectivity index (χ1n) is 13.1. The van der Waals surface area contributed by atoms with Crippen molar-refractivity contribution in [3.05, 3.63) is 11.6 Å². The van der Waals surface area contributed by atoms with E-state index in [2.05, 4.69) is 20.8 Å². The molecule has 0 radical (unpaired) electrons. The molecule has 0 bridgehead atoms. The lowest BCUT2D eigenvalue weighted by Gasteiger charge is -2.58. The monoisotopic (exact) mass is 446 g/mol. The Morgan fingerprint density at radius 2 is 1.69 bits per heavy atom. The highest BCUT2D eigenvalue weighted by atomic mass is 16.7. The van der Waals surface area contributed by atoms with Crippen LogP contribution in [0.1, 0.15) is 92.9 Å². The fraction of sp³-hybridized carbons (Fsp3) is 0.857. The average molecular weight is 447 g/mol. The highest BCUT2D eigenvalue weighted by Crippen LogP contribution is 2.67. The van der Waals surface area contributed by atoms with Gasteiger partial charge in [0.1, 0.15) is 6.29 Å². The van der Waals surface area contributed by atoms with Crippen LogP contribution in [0.5, 0.6) is 0 Å². The smallest absolute Gasteiger partial charge is 0.155 e. The molecule has 182 valence electrons. The van der Waals surface area contributed by atoms with Crippen LogP contribution in [-0.2, 0) is 19.1 Å². The first-order valence-corrected chi connectivity index (χ1v) is 13.1. The van der Waals surface area contributed by atoms with Crippen LogP contribution in [-0.4, -0.2) is 31.6 Å². The second-order valence-corrected chi connectivity index (χ2v) is 11.2. The SMILES string of the molecule is CC(C=O)[C@H]1CC[C@H]2[C@@H]3CCC4=CC(=O)CC[C@]4(C)[C@@H]3CC[C@]12C.CCOC(C)OCC. The van der Waals surface area contributed by atoms with Gasteiger partial charge in [-0.25, -0.2) is 0 Å². The Morgan fingerprint density at radius 1 is 1.00 bits per heavy atom. The Balaban J connectivity index is 0.000000312. The number of allylic oxidation sites excluding steroid dienone is 1. The third-order valence-corrected chi connectivity index (χ3v) is 9.69. The van der Waals surface area contributed by atoms with E-state index in [1.54, 1.807) is 0 Å². The van der Waals surface area contributed by atoms with Crippen molar-refractivity contribution >= 4 is 12.1 Å². The number of aldehydes is 1. The zero-order chi connectivity index (χ0) is 23.5. The zero-order valence-electron chi connectivity index (χ0n) is 21.3. The van der Waals surface area contributed by atoms with Gasteiger partial charge in [-0.15, -0.1) is 0 Å². The Labute approximate surface area is 195 Å². The summed E-state index contributed by atoms with van der Waals surface area (Å²) in [5.74, 6) is 3.50. The lowest BCUT2D eigenvalue weighted by atomic mass is 9.46. The largest absolute Gasteiger partial charge is 0.353 e. The zero-order valence-corrected chi connectivity index (χ0v) is 21.3. The van der Waals surface area contributed by atoms with Gasteiger partial charge in [-0.05, 0) is 106 Å². The molecule has 4 rings (SSSR count). The van der Waals surface area contributed by atoms with Crippen LogP contribution < -0.4 is 0 Å². The minimum absolute atomic E-state index is 0.0370. The van der Waals surface area contributed by atoms with Crippen molar-refractivity contribution in [2.24, 2.45) is 40.4 Å². The molecule has 4 nitrogen and oxygen atoms in total. The second-order valence-electron chi connectivity index (χ2n) is 11.2. The van der Waals surface area contributed by atoms with Gasteiger partial charge in [0.25, 0.3) is 0 Å². The lowest BCUT2D eigenvalue weighted by molar-refractivity contribution is -0.123. The third-order valence-electron chi connectivity index (χ3n) is 9.69. The maximum atomic E-state index is 11.9. The van der Waals surface area contributed by atoms with Gasteiger partial charge < -0.3 is 14.3 Å². The predicted molar refractivity (Wildman–Crippen MR) is 128 cm³/mol. The van der Waals surface area contributed by atoms with Crippen LogP contribution in [0, 0.1) is 40.4 Å². The number of carbonyl (C=O) groups excluding carboxylic acids is 2. The van der Waals surface area contributed by atoms with Crippen LogP contribution in [0.3, 0.4) is 0 Å². The van der Waals surface area contributed by atoms with Crippen molar-refractivity contribution in [1.82, 2.24) is 0 Å². The quantitative estimate of drug-likeness (QED) is 0.351. The molecule has 4 aliphatic carbocycles. The van der Waals surface area contributed by atoms with Gasteiger partial charge in [-0.3, -0.25) is 4.79 Å². The van der Waals surface area contributed by atoms with Crippen molar-refractivity contribution in [2.75, 3.05) is 13.2 Å². The molecule has 0 amide bonds. The first kappa shape index (κ1) is 25.6. The number of rotatable bonds is 6. The highest BCUT2D eigenvalue weighted by molar-refractivity contribution is 5.91. The van der Waals surface area contributed by atoms with Gasteiger partial charge in [0.05, 0.1) is 0 Å². The van der Waals surface area contributed by atoms with Crippen molar-refractivity contribution in [3.63, 3.8) is 0 Å². The highest BCUT2D eigenvalue weighted by Gasteiger charge is 2.59. The van der Waals surface area contributed by atoms with E-state index in [1.165, 1.54) is 44.0 Å². The standard InChI is InChI=1S/C22H32O2.C6H14O2/c1-14(13-23)18-6-7-19-17-5-4-15-12-16(24)8-10-21(15,2)20(17)9-11-22(18,19)3;1-4-7-6(3)8-5-2/h12-14,17-20H,4-11H2,1-3H3;6H,4-5H2,1-3H3/t14?,17-,18+,19-,20+,21-,22+;/m0./s1. The summed E-state index contributed by atoms with van der Waals surface area (Å²) >= 11 is 0. The fourth-order valence-electron chi connectivity index (χ4n) is 8.08. The normalized spacial score (nSPS) is 39.2. The Bertz CT molecular complexity index is 694. The molecule has 0 heterocycles. The maximum absolute atomic E-state index is 11.9. The van der Waals surface area contributed by atoms with E-state index < -0.39 is 0 Å². The summed E-state index contributed by atoms with van der Waals surface area (Å²) in [4.78, 5) is 23.3. The van der Waals surface area contributed by atoms with E-state index in [0.29, 0.717) is 17.1 Å². The number of hydrogen-bond donors (Lipinski definition) is 0. The van der Waals surface area contributed by atoms with Crippen LogP contribution in [0.4, 0.5) is 0 Å². The topological polar surface area (TPSA) is 52.6 Å². The van der Waals surface area contributed by atoms with Crippen molar-refractivity contribution in [3.8, 4) is 0 Å². The molecule has 4 heteroatoms. The summed E-state index contributed by atoms with van der Waals surface area (Å²) < 4.78 is 10.1. The number of ketones is 1. The molecular formula is C28H46O4. The molecule has 32 heavy (non-hydrogen) atoms. The molecule has 0 spiro atoms. The predicted octanol–water partition coefficient (Wildman–Crippen LogP) is 6.37. The van der Waals surface area contributed by atoms with E-state index >= 15 is 0 Å². The molecule has 0 aliphatic heterocycles. The lowest BCUT2D eigenvalue weighted by Crippen LogP contribution is -2.51. The van der Waals surface area contributed by atoms with Crippen molar-refractivity contribution in [1.29, 1.82) is 0 Å². The van der Waals surface area contributed by atoms with Crippen LogP contribution in [0.2, 0.25) is 0 Å². The molecule has 7 atom stereocenters. The summed E-state index contributed by atoms with van der Waals surface area (Å²) in [6.07, 6.45) is 12.5. The molecule has 1 unspecified atom stereocenters. The number of ether oxygens (including phenoxy) is 2. The number of hydrogen-bond acceptors (Lipinski definition) is 4. The van der Waals surface area contributed by atoms with Gasteiger partial charge in [0, 0.05) is 25.6 Å². The molecule has 3 saturated carbocycles. The van der Waals surface area contributed by atoms with E-state index in [-0.39, 0.29) is 17.6 Å². The van der Waals surface area contributed by atoms with Crippen LogP contribution in [0.15, 0.2) is 11.6 Å². The minimum Gasteiger partial charge on any atom is -0.353 e. The number of fused-ring (bicyclic) bond motifs is 5. The summed E-state index contributed by atoms with van der Waals surface area (Å²) in [7, 11) is 0. The Kier molecular flexibility index (Phi) is 8.41. The fourth-order valence-corrected chi connectivity index (χ4v) is 8.08. The van der Waals surface area contributed by atoms with Gasteiger partial charge in [-0.2, -0.15) is 0 Å². The Morgan fingerprint density at radius 3 is 2.31 bits per heavy atom. The molecule has 0 aromatic carbocycles. The summed E-state index contributed by atoms with van der Waals surface area (Å²) in [5, 5.41) is 0. The summed E-state index contributed by atoms with van der Waals surface area (Å²) in [5.41, 5.74) is 2.09. The van der Waals surface area contributed by atoms with E-state index in [4.69, 9.17) is 9.47 Å². The van der Waals surface area contributed by atoms with Crippen molar-refractivity contribution in [2.45, 2.75) is 99.2 Å². The molecule has 0 aromatic rings. The van der Waals surface area contributed by atoms with E-state index in [1.807, 2.05) is 26.8 Å². The average Bonchev–Trinajstić information content (AvgIpc) is 3.12. The minimum atomic E-state index is -0.0370. The third kappa shape index (κ3) is 4.78. The molecule has 3 fully saturated rings. The van der Waals surface area contributed by atoms with E-state index in [9.17, 15) is 9.59 Å². The van der Waals surface area contributed by atoms with E-state index in [0.717, 1.165) is 50.2 Å². The maximum Gasteiger partial charge on any atom is 0.155 e. The van der Waals surface area contributed by atoms with Gasteiger partial charge in [-0.1, -0.05) is 26.3 Å².